The van der Waals surface area contributed by atoms with Gasteiger partial charge in [0, 0.05) is 0 Å². The van der Waals surface area contributed by atoms with Gasteiger partial charge in [-0.25, -0.2) is 0 Å². The summed E-state index contributed by atoms with van der Waals surface area (Å²) in [7, 11) is 0. The third kappa shape index (κ3) is 9.05. The van der Waals surface area contributed by atoms with Crippen LogP contribution in [-0.2, 0) is 32.5 Å². The van der Waals surface area contributed by atoms with Gasteiger partial charge in [0.1, 0.15) is 0 Å². The van der Waals surface area contributed by atoms with Gasteiger partial charge in [0.2, 0.25) is 0 Å². The van der Waals surface area contributed by atoms with E-state index in [9.17, 15) is 4.79 Å². The first-order valence-electron chi connectivity index (χ1n) is 7.43. The van der Waals surface area contributed by atoms with Crippen molar-refractivity contribution in [2.45, 2.75) is 44.8 Å². The van der Waals surface area contributed by atoms with Gasteiger partial charge in [-0.1, -0.05) is 0 Å². The molecular formula is C13H29NO5Ti. The SMILES string of the molecule is CC[O][Ti]([CH2]CCNC(=O)CCCO)([O]CC)[O]CC. The average Bonchev–Trinajstić information content (AvgIpc) is 2.42. The summed E-state index contributed by atoms with van der Waals surface area (Å²) in [6.45, 7) is 8.21. The molecular weight excluding hydrogens is 298 g/mol. The van der Waals surface area contributed by atoms with Gasteiger partial charge in [-0.2, -0.15) is 0 Å². The van der Waals surface area contributed by atoms with E-state index in [0.717, 1.165) is 11.1 Å². The van der Waals surface area contributed by atoms with Gasteiger partial charge in [0.15, 0.2) is 0 Å². The van der Waals surface area contributed by atoms with Crippen molar-refractivity contribution < 1.29 is 37.6 Å². The third-order valence-corrected chi connectivity index (χ3v) is 7.56. The van der Waals surface area contributed by atoms with Crippen LogP contribution in [0.4, 0.5) is 0 Å². The van der Waals surface area contributed by atoms with Gasteiger partial charge in [-0.15, -0.1) is 0 Å². The molecule has 0 spiro atoms. The van der Waals surface area contributed by atoms with Gasteiger partial charge in [-0.05, 0) is 0 Å². The summed E-state index contributed by atoms with van der Waals surface area (Å²) in [4.78, 5) is 11.4. The Labute approximate surface area is 127 Å². The van der Waals surface area contributed by atoms with E-state index in [0.29, 0.717) is 39.2 Å². The predicted molar refractivity (Wildman–Crippen MR) is 73.6 cm³/mol. The standard InChI is InChI=1S/C7H14NO2.3C2H5O.Ti/c1-2-5-8-7(10)4-3-6-9;3*1-2-3;/h9H,1-6H2,(H,8,10);3*2H2,1H3;/q;3*-1;+3. The summed E-state index contributed by atoms with van der Waals surface area (Å²) in [5.41, 5.74) is 0. The van der Waals surface area contributed by atoms with Crippen LogP contribution in [0, 0.1) is 0 Å². The van der Waals surface area contributed by atoms with Gasteiger partial charge in [0.05, 0.1) is 0 Å². The van der Waals surface area contributed by atoms with E-state index < -0.39 is 17.8 Å². The van der Waals surface area contributed by atoms with Crippen molar-refractivity contribution in [1.29, 1.82) is 0 Å². The van der Waals surface area contributed by atoms with Crippen LogP contribution >= 0.6 is 0 Å². The molecule has 0 fully saturated rings. The van der Waals surface area contributed by atoms with Crippen LogP contribution in [0.2, 0.25) is 4.73 Å². The number of carbonyl (C=O) groups excluding carboxylic acids is 1. The van der Waals surface area contributed by atoms with Crippen molar-refractivity contribution in [2.24, 2.45) is 0 Å². The first-order chi connectivity index (χ1) is 9.64. The van der Waals surface area contributed by atoms with E-state index in [1.54, 1.807) is 0 Å². The van der Waals surface area contributed by atoms with Gasteiger partial charge in [-0.3, -0.25) is 0 Å². The van der Waals surface area contributed by atoms with E-state index in [4.69, 9.17) is 15.1 Å². The molecule has 0 aromatic rings. The Bertz CT molecular complexity index is 236. The maximum atomic E-state index is 11.4. The van der Waals surface area contributed by atoms with Crippen LogP contribution < -0.4 is 5.32 Å². The van der Waals surface area contributed by atoms with Crippen molar-refractivity contribution in [3.05, 3.63) is 0 Å². The minimum atomic E-state index is -3.14. The second kappa shape index (κ2) is 12.7. The Morgan fingerprint density at radius 2 is 1.60 bits per heavy atom. The molecule has 20 heavy (non-hydrogen) atoms. The molecule has 0 aliphatic rings. The molecule has 0 saturated heterocycles. The normalized spacial score (nSPS) is 11.6. The third-order valence-electron chi connectivity index (χ3n) is 2.64. The number of hydrogen-bond donors (Lipinski definition) is 2. The fourth-order valence-corrected chi connectivity index (χ4v) is 5.94. The Balaban J connectivity index is 4.08. The Morgan fingerprint density at radius 3 is 2.05 bits per heavy atom. The zero-order valence-electron chi connectivity index (χ0n) is 12.9. The number of nitrogens with one attached hydrogen (secondary N) is 1. The fourth-order valence-electron chi connectivity index (χ4n) is 1.86. The molecule has 0 rings (SSSR count). The summed E-state index contributed by atoms with van der Waals surface area (Å²) in [6.07, 6.45) is 1.65. The van der Waals surface area contributed by atoms with Crippen LogP contribution in [0.1, 0.15) is 40.0 Å². The molecule has 2 N–H and O–H groups in total. The van der Waals surface area contributed by atoms with Gasteiger partial charge >= 0.3 is 127 Å². The molecule has 6 nitrogen and oxygen atoms in total. The van der Waals surface area contributed by atoms with E-state index in [1.807, 2.05) is 20.8 Å². The molecule has 7 heteroatoms. The van der Waals surface area contributed by atoms with Crippen molar-refractivity contribution in [3.8, 4) is 0 Å². The molecule has 0 aliphatic heterocycles. The molecule has 0 aliphatic carbocycles. The number of aliphatic hydroxyl groups excluding tert-OH is 1. The van der Waals surface area contributed by atoms with Gasteiger partial charge in [0.25, 0.3) is 0 Å². The van der Waals surface area contributed by atoms with Crippen LogP contribution in [0.15, 0.2) is 0 Å². The Hall–Kier alpha value is 0.0243. The summed E-state index contributed by atoms with van der Waals surface area (Å²) in [6, 6.07) is 0. The van der Waals surface area contributed by atoms with Crippen LogP contribution in [0.5, 0.6) is 0 Å². The summed E-state index contributed by atoms with van der Waals surface area (Å²) in [5.74, 6) is -0.0265. The molecule has 0 unspecified atom stereocenters. The first-order valence-corrected chi connectivity index (χ1v) is 10.4. The second-order valence-electron chi connectivity index (χ2n) is 4.26. The van der Waals surface area contributed by atoms with Crippen molar-refractivity contribution >= 4 is 5.91 Å². The number of carbonyl (C=O) groups is 1. The summed E-state index contributed by atoms with van der Waals surface area (Å²) >= 11 is -3.14. The zero-order valence-corrected chi connectivity index (χ0v) is 14.5. The number of hydrogen-bond acceptors (Lipinski definition) is 5. The molecule has 0 heterocycles. The van der Waals surface area contributed by atoms with E-state index >= 15 is 0 Å². The quantitative estimate of drug-likeness (QED) is 0.398. The summed E-state index contributed by atoms with van der Waals surface area (Å²) in [5, 5.41) is 11.5. The number of amides is 1. The number of rotatable bonds is 13. The topological polar surface area (TPSA) is 77.0 Å². The van der Waals surface area contributed by atoms with Crippen molar-refractivity contribution in [3.63, 3.8) is 0 Å². The number of aliphatic hydroxyl groups is 1. The molecule has 0 bridgehead atoms. The molecule has 120 valence electrons. The van der Waals surface area contributed by atoms with Crippen molar-refractivity contribution in [2.75, 3.05) is 33.0 Å². The van der Waals surface area contributed by atoms with Gasteiger partial charge < -0.3 is 0 Å². The zero-order chi connectivity index (χ0) is 15.3. The molecule has 1 amide bonds. The average molecular weight is 327 g/mol. The van der Waals surface area contributed by atoms with Crippen LogP contribution in [-0.4, -0.2) is 44.0 Å². The summed E-state index contributed by atoms with van der Waals surface area (Å²) < 4.78 is 18.1. The van der Waals surface area contributed by atoms with Crippen LogP contribution in [0.3, 0.4) is 0 Å². The van der Waals surface area contributed by atoms with E-state index in [1.165, 1.54) is 0 Å². The molecule has 0 aromatic heterocycles. The Morgan fingerprint density at radius 1 is 1.05 bits per heavy atom. The second-order valence-corrected chi connectivity index (χ2v) is 8.53. The van der Waals surface area contributed by atoms with E-state index in [-0.39, 0.29) is 12.5 Å². The minimum absolute atomic E-state index is 0.0265. The molecule has 0 aromatic carbocycles. The van der Waals surface area contributed by atoms with E-state index in [2.05, 4.69) is 5.32 Å². The maximum absolute atomic E-state index is 11.4. The molecule has 0 saturated carbocycles. The predicted octanol–water partition coefficient (Wildman–Crippen LogP) is 1.69. The molecule has 0 atom stereocenters. The monoisotopic (exact) mass is 327 g/mol. The molecule has 0 radical (unpaired) electrons. The first kappa shape index (κ1) is 20.0. The van der Waals surface area contributed by atoms with Crippen molar-refractivity contribution in [1.82, 2.24) is 5.32 Å². The fraction of sp³-hybridized carbons (Fsp3) is 0.923. The Kier molecular flexibility index (Phi) is 12.8. The van der Waals surface area contributed by atoms with Crippen LogP contribution in [0.25, 0.3) is 0 Å².